The zero-order chi connectivity index (χ0) is 21.8. The minimum atomic E-state index is -0.129. The maximum absolute atomic E-state index is 13.6. The number of amides is 1. The van der Waals surface area contributed by atoms with Gasteiger partial charge in [0.15, 0.2) is 5.50 Å². The van der Waals surface area contributed by atoms with Crippen LogP contribution in [0.2, 0.25) is 0 Å². The van der Waals surface area contributed by atoms with E-state index in [-0.39, 0.29) is 17.4 Å². The van der Waals surface area contributed by atoms with E-state index in [1.807, 2.05) is 54.6 Å². The molecule has 31 heavy (non-hydrogen) atoms. The van der Waals surface area contributed by atoms with E-state index in [0.717, 1.165) is 28.3 Å². The van der Waals surface area contributed by atoms with Gasteiger partial charge in [0.05, 0.1) is 19.1 Å². The number of para-hydroxylation sites is 1. The van der Waals surface area contributed by atoms with E-state index in [1.54, 1.807) is 26.0 Å². The number of carbonyl (C=O) groups excluding carboxylic acids is 1. The van der Waals surface area contributed by atoms with Gasteiger partial charge in [-0.05, 0) is 49.1 Å². The number of hydrogen-bond acceptors (Lipinski definition) is 5. The Labute approximate surface area is 188 Å². The number of nitrogens with zero attached hydrogens (tertiary/aromatic N) is 1. The Morgan fingerprint density at radius 2 is 1.84 bits per heavy atom. The van der Waals surface area contributed by atoms with Crippen LogP contribution in [0.25, 0.3) is 6.08 Å². The van der Waals surface area contributed by atoms with Gasteiger partial charge >= 0.3 is 0 Å². The van der Waals surface area contributed by atoms with Crippen molar-refractivity contribution < 1.29 is 14.3 Å². The van der Waals surface area contributed by atoms with Crippen LogP contribution in [0.15, 0.2) is 53.4 Å². The molecule has 1 heterocycles. The molecule has 164 valence electrons. The van der Waals surface area contributed by atoms with Gasteiger partial charge in [0.1, 0.15) is 11.5 Å². The summed E-state index contributed by atoms with van der Waals surface area (Å²) in [5.74, 6) is 2.01. The molecule has 1 aliphatic heterocycles. The van der Waals surface area contributed by atoms with Crippen molar-refractivity contribution in [2.45, 2.75) is 44.1 Å². The molecule has 1 amide bonds. The lowest BCUT2D eigenvalue weighted by atomic mass is 9.85. The fourth-order valence-corrected chi connectivity index (χ4v) is 5.65. The van der Waals surface area contributed by atoms with E-state index in [1.165, 1.54) is 19.3 Å². The molecule has 0 spiro atoms. The second-order valence-corrected chi connectivity index (χ2v) is 9.26. The van der Waals surface area contributed by atoms with Crippen molar-refractivity contribution in [3.8, 4) is 11.5 Å². The summed E-state index contributed by atoms with van der Waals surface area (Å²) in [5.41, 5.74) is 1.76. The summed E-state index contributed by atoms with van der Waals surface area (Å²) in [6.45, 7) is 2.27. The third-order valence-corrected chi connectivity index (χ3v) is 7.27. The van der Waals surface area contributed by atoms with Crippen molar-refractivity contribution in [3.63, 3.8) is 0 Å². The first-order valence-electron chi connectivity index (χ1n) is 10.9. The second-order valence-electron chi connectivity index (χ2n) is 8.14. The van der Waals surface area contributed by atoms with E-state index < -0.39 is 0 Å². The summed E-state index contributed by atoms with van der Waals surface area (Å²) in [5, 5.41) is 3.58. The Kier molecular flexibility index (Phi) is 6.76. The number of thioether (sulfide) groups is 1. The van der Waals surface area contributed by atoms with E-state index in [9.17, 15) is 4.79 Å². The predicted octanol–water partition coefficient (Wildman–Crippen LogP) is 5.59. The van der Waals surface area contributed by atoms with Gasteiger partial charge in [-0.15, -0.1) is 0 Å². The Morgan fingerprint density at radius 1 is 1.06 bits per heavy atom. The maximum Gasteiger partial charge on any atom is 0.262 e. The van der Waals surface area contributed by atoms with Gasteiger partial charge in [-0.25, -0.2) is 0 Å². The fourth-order valence-electron chi connectivity index (χ4n) is 4.45. The van der Waals surface area contributed by atoms with Gasteiger partial charge in [-0.1, -0.05) is 49.7 Å². The molecule has 1 saturated carbocycles. The number of ether oxygens (including phenoxy) is 2. The average Bonchev–Trinajstić information content (AvgIpc) is 3.09. The monoisotopic (exact) mass is 438 g/mol. The van der Waals surface area contributed by atoms with Crippen molar-refractivity contribution in [2.24, 2.45) is 5.92 Å². The molecule has 0 bridgehead atoms. The first-order chi connectivity index (χ1) is 15.1. The van der Waals surface area contributed by atoms with Crippen LogP contribution in [0, 0.1) is 5.92 Å². The molecule has 1 unspecified atom stereocenters. The van der Waals surface area contributed by atoms with Crippen molar-refractivity contribution in [1.82, 2.24) is 4.90 Å². The smallest absolute Gasteiger partial charge is 0.262 e. The molecule has 5 nitrogen and oxygen atoms in total. The van der Waals surface area contributed by atoms with Crippen molar-refractivity contribution >= 4 is 29.4 Å². The number of nitrogens with one attached hydrogen (secondary N) is 1. The Balaban J connectivity index is 1.67. The molecule has 2 aromatic rings. The summed E-state index contributed by atoms with van der Waals surface area (Å²) in [6.07, 6.45) is 6.59. The normalized spacial score (nSPS) is 25.0. The number of carbonyl (C=O) groups is 1. The first kappa shape index (κ1) is 21.6. The Morgan fingerprint density at radius 3 is 2.55 bits per heavy atom. The standard InChI is InChI=1S/C25H30N2O3S/c1-17-9-7-8-12-21(17)27-24(28)23(31-25(27)26-19-10-5-4-6-11-19)15-18-13-14-20(29-2)16-22(18)30-3/h4-6,10-11,13-17,21,25-26H,7-9,12H2,1-3H3/b23-15-/t17-,21-,25?/m1/s1. The molecule has 3 atom stereocenters. The number of rotatable bonds is 6. The molecule has 0 aromatic heterocycles. The summed E-state index contributed by atoms with van der Waals surface area (Å²) in [7, 11) is 3.27. The highest BCUT2D eigenvalue weighted by molar-refractivity contribution is 8.05. The summed E-state index contributed by atoms with van der Waals surface area (Å²) in [6, 6.07) is 16.0. The summed E-state index contributed by atoms with van der Waals surface area (Å²) < 4.78 is 10.8. The average molecular weight is 439 g/mol. The van der Waals surface area contributed by atoms with E-state index >= 15 is 0 Å². The number of hydrogen-bond donors (Lipinski definition) is 1. The molecule has 6 heteroatoms. The third-order valence-electron chi connectivity index (χ3n) is 6.15. The van der Waals surface area contributed by atoms with Crippen molar-refractivity contribution in [2.75, 3.05) is 19.5 Å². The molecule has 4 rings (SSSR count). The molecule has 2 fully saturated rings. The van der Waals surface area contributed by atoms with Crippen LogP contribution in [-0.4, -0.2) is 36.6 Å². The zero-order valence-electron chi connectivity index (χ0n) is 18.3. The number of anilines is 1. The zero-order valence-corrected chi connectivity index (χ0v) is 19.2. The van der Waals surface area contributed by atoms with Gasteiger partial charge in [0.2, 0.25) is 0 Å². The Hall–Kier alpha value is -2.60. The molecule has 2 aromatic carbocycles. The SMILES string of the molecule is COc1ccc(/C=C2\SC(Nc3ccccc3)N([C@@H]3CCCC[C@H]3C)C2=O)c(OC)c1. The maximum atomic E-state index is 13.6. The van der Waals surface area contributed by atoms with E-state index in [2.05, 4.69) is 17.1 Å². The Bertz CT molecular complexity index is 947. The summed E-state index contributed by atoms with van der Waals surface area (Å²) in [4.78, 5) is 16.4. The third kappa shape index (κ3) is 4.69. The van der Waals surface area contributed by atoms with Crippen LogP contribution in [0.5, 0.6) is 11.5 Å². The quantitative estimate of drug-likeness (QED) is 0.596. The highest BCUT2D eigenvalue weighted by atomic mass is 32.2. The fraction of sp³-hybridized carbons (Fsp3) is 0.400. The number of methoxy groups -OCH3 is 2. The minimum Gasteiger partial charge on any atom is -0.497 e. The first-order valence-corrected chi connectivity index (χ1v) is 11.7. The second kappa shape index (κ2) is 9.69. The molecule has 1 aliphatic carbocycles. The predicted molar refractivity (Wildman–Crippen MR) is 127 cm³/mol. The van der Waals surface area contributed by atoms with Gasteiger partial charge in [-0.3, -0.25) is 4.79 Å². The van der Waals surface area contributed by atoms with Gasteiger partial charge in [0, 0.05) is 23.4 Å². The highest BCUT2D eigenvalue weighted by Gasteiger charge is 2.43. The van der Waals surface area contributed by atoms with Gasteiger partial charge < -0.3 is 19.7 Å². The minimum absolute atomic E-state index is 0.0926. The van der Waals surface area contributed by atoms with E-state index in [0.29, 0.717) is 11.7 Å². The van der Waals surface area contributed by atoms with Crippen molar-refractivity contribution in [3.05, 3.63) is 59.0 Å². The van der Waals surface area contributed by atoms with Crippen LogP contribution in [0.4, 0.5) is 5.69 Å². The lowest BCUT2D eigenvalue weighted by Crippen LogP contribution is -2.48. The molecular formula is C25H30N2O3S. The van der Waals surface area contributed by atoms with E-state index in [4.69, 9.17) is 9.47 Å². The summed E-state index contributed by atoms with van der Waals surface area (Å²) >= 11 is 1.58. The van der Waals surface area contributed by atoms with Gasteiger partial charge in [0.25, 0.3) is 5.91 Å². The molecule has 2 aliphatic rings. The molecule has 0 radical (unpaired) electrons. The largest absolute Gasteiger partial charge is 0.497 e. The van der Waals surface area contributed by atoms with Crippen LogP contribution in [-0.2, 0) is 4.79 Å². The highest BCUT2D eigenvalue weighted by Crippen LogP contribution is 2.43. The van der Waals surface area contributed by atoms with Crippen LogP contribution in [0.1, 0.15) is 38.2 Å². The molecular weight excluding hydrogens is 408 g/mol. The lowest BCUT2D eigenvalue weighted by molar-refractivity contribution is -0.129. The van der Waals surface area contributed by atoms with Gasteiger partial charge in [-0.2, -0.15) is 0 Å². The molecule has 1 N–H and O–H groups in total. The lowest BCUT2D eigenvalue weighted by Gasteiger charge is -2.39. The molecule has 1 saturated heterocycles. The van der Waals surface area contributed by atoms with Crippen molar-refractivity contribution in [1.29, 1.82) is 0 Å². The topological polar surface area (TPSA) is 50.8 Å². The number of benzene rings is 2. The van der Waals surface area contributed by atoms with Crippen LogP contribution in [0.3, 0.4) is 0 Å². The van der Waals surface area contributed by atoms with Crippen LogP contribution < -0.4 is 14.8 Å². The van der Waals surface area contributed by atoms with Crippen LogP contribution >= 0.6 is 11.8 Å².